The number of nitrogens with zero attached hydrogens (tertiary/aromatic N) is 1. The van der Waals surface area contributed by atoms with Crippen molar-refractivity contribution in [2.75, 3.05) is 0 Å². The zero-order valence-corrected chi connectivity index (χ0v) is 8.39. The van der Waals surface area contributed by atoms with Crippen molar-refractivity contribution in [3.8, 4) is 11.5 Å². The number of hydrogen-bond acceptors (Lipinski definition) is 2. The van der Waals surface area contributed by atoms with Crippen LogP contribution in [0.25, 0.3) is 11.5 Å². The van der Waals surface area contributed by atoms with Crippen molar-refractivity contribution in [3.63, 3.8) is 0 Å². The van der Waals surface area contributed by atoms with E-state index in [4.69, 9.17) is 4.42 Å². The van der Waals surface area contributed by atoms with Crippen molar-refractivity contribution in [1.82, 2.24) is 10.2 Å². The predicted molar refractivity (Wildman–Crippen MR) is 51.4 cm³/mol. The number of halogens is 1. The molecule has 13 heavy (non-hydrogen) atoms. The number of H-pyrrole nitrogens is 1. The predicted octanol–water partition coefficient (Wildman–Crippen LogP) is 2.53. The lowest BCUT2D eigenvalue weighted by Crippen LogP contribution is -1.99. The second-order valence-electron chi connectivity index (χ2n) is 3.16. The number of fused-ring (bicyclic) bond motifs is 3. The van der Waals surface area contributed by atoms with Gasteiger partial charge in [-0.3, -0.25) is 5.10 Å². The van der Waals surface area contributed by atoms with Crippen LogP contribution in [0.4, 0.5) is 0 Å². The summed E-state index contributed by atoms with van der Waals surface area (Å²) < 4.78 is 6.51. The number of aromatic amines is 1. The van der Waals surface area contributed by atoms with Gasteiger partial charge in [-0.25, -0.2) is 0 Å². The Labute approximate surface area is 83.3 Å². The van der Waals surface area contributed by atoms with Gasteiger partial charge < -0.3 is 4.42 Å². The molecule has 4 heteroatoms. The van der Waals surface area contributed by atoms with Crippen LogP contribution in [0.15, 0.2) is 21.3 Å². The number of furan rings is 1. The van der Waals surface area contributed by atoms with Crippen LogP contribution in [0.5, 0.6) is 0 Å². The van der Waals surface area contributed by atoms with Crippen molar-refractivity contribution in [2.45, 2.75) is 12.8 Å². The summed E-state index contributed by atoms with van der Waals surface area (Å²) in [5, 5.41) is 6.97. The van der Waals surface area contributed by atoms with Gasteiger partial charge in [0.1, 0.15) is 12.0 Å². The maximum absolute atomic E-state index is 5.45. The number of aromatic nitrogens is 2. The number of nitrogens with one attached hydrogen (secondary N) is 1. The molecule has 3 nitrogen and oxygen atoms in total. The summed E-state index contributed by atoms with van der Waals surface area (Å²) in [5.74, 6) is 0.936. The first-order valence-electron chi connectivity index (χ1n) is 4.15. The van der Waals surface area contributed by atoms with Gasteiger partial charge in [0, 0.05) is 11.1 Å². The van der Waals surface area contributed by atoms with Gasteiger partial charge in [0.25, 0.3) is 0 Å². The number of rotatable bonds is 0. The quantitative estimate of drug-likeness (QED) is 0.767. The maximum Gasteiger partial charge on any atom is 0.156 e. The summed E-state index contributed by atoms with van der Waals surface area (Å²) in [7, 11) is 0. The Morgan fingerprint density at radius 1 is 1.46 bits per heavy atom. The lowest BCUT2D eigenvalue weighted by Gasteiger charge is -2.09. The van der Waals surface area contributed by atoms with E-state index >= 15 is 0 Å². The second kappa shape index (κ2) is 2.48. The van der Waals surface area contributed by atoms with Crippen LogP contribution in [-0.4, -0.2) is 10.2 Å². The van der Waals surface area contributed by atoms with E-state index in [0.29, 0.717) is 0 Å². The maximum atomic E-state index is 5.45. The minimum absolute atomic E-state index is 0.936. The van der Waals surface area contributed by atoms with Crippen molar-refractivity contribution in [3.05, 3.63) is 28.1 Å². The number of hydrogen-bond donors (Lipinski definition) is 1. The molecule has 0 unspecified atom stereocenters. The molecule has 2 aromatic heterocycles. The van der Waals surface area contributed by atoms with E-state index in [0.717, 1.165) is 28.8 Å². The van der Waals surface area contributed by atoms with Crippen molar-refractivity contribution < 1.29 is 4.42 Å². The highest BCUT2D eigenvalue weighted by Gasteiger charge is 2.22. The Hall–Kier alpha value is -1.03. The summed E-state index contributed by atoms with van der Waals surface area (Å²) in [6, 6.07) is 0. The first-order valence-corrected chi connectivity index (χ1v) is 4.94. The average molecular weight is 239 g/mol. The first kappa shape index (κ1) is 7.38. The summed E-state index contributed by atoms with van der Waals surface area (Å²) in [6.07, 6.45) is 5.67. The molecule has 1 aliphatic carbocycles. The zero-order chi connectivity index (χ0) is 8.84. The lowest BCUT2D eigenvalue weighted by molar-refractivity contribution is 0.572. The molecule has 0 fully saturated rings. The molecular weight excluding hydrogens is 232 g/mol. The Morgan fingerprint density at radius 2 is 2.38 bits per heavy atom. The number of aryl methyl sites for hydroxylation is 1. The normalized spacial score (nSPS) is 13.9. The van der Waals surface area contributed by atoms with Gasteiger partial charge in [-0.05, 0) is 28.8 Å². The van der Waals surface area contributed by atoms with Crippen molar-refractivity contribution in [2.24, 2.45) is 0 Å². The zero-order valence-electron chi connectivity index (χ0n) is 6.80. The third-order valence-electron chi connectivity index (χ3n) is 2.43. The van der Waals surface area contributed by atoms with Crippen LogP contribution in [0.2, 0.25) is 0 Å². The molecule has 0 aliphatic heterocycles. The van der Waals surface area contributed by atoms with Gasteiger partial charge in [0.15, 0.2) is 5.76 Å². The van der Waals surface area contributed by atoms with Gasteiger partial charge >= 0.3 is 0 Å². The fourth-order valence-corrected chi connectivity index (χ4v) is 2.23. The monoisotopic (exact) mass is 238 g/mol. The molecule has 2 heterocycles. The first-order chi connectivity index (χ1) is 6.36. The molecule has 2 aromatic rings. The van der Waals surface area contributed by atoms with Crippen LogP contribution in [0.3, 0.4) is 0 Å². The molecule has 0 atom stereocenters. The fraction of sp³-hybridized carbons (Fsp3) is 0.222. The molecule has 0 saturated heterocycles. The van der Waals surface area contributed by atoms with E-state index < -0.39 is 0 Å². The minimum Gasteiger partial charge on any atom is -0.461 e. The molecule has 0 spiro atoms. The van der Waals surface area contributed by atoms with E-state index in [-0.39, 0.29) is 0 Å². The molecule has 0 bridgehead atoms. The lowest BCUT2D eigenvalue weighted by atomic mass is 9.97. The Bertz CT molecular complexity index is 458. The largest absolute Gasteiger partial charge is 0.461 e. The average Bonchev–Trinajstić information content (AvgIpc) is 2.70. The minimum atomic E-state index is 0.936. The third-order valence-corrected chi connectivity index (χ3v) is 3.10. The van der Waals surface area contributed by atoms with Crippen LogP contribution < -0.4 is 0 Å². The fourth-order valence-electron chi connectivity index (χ4n) is 1.76. The molecule has 1 aliphatic rings. The highest BCUT2D eigenvalue weighted by Crippen LogP contribution is 2.36. The Morgan fingerprint density at radius 3 is 3.31 bits per heavy atom. The topological polar surface area (TPSA) is 41.8 Å². The second-order valence-corrected chi connectivity index (χ2v) is 4.02. The molecule has 1 N–H and O–H groups in total. The molecule has 66 valence electrons. The summed E-state index contributed by atoms with van der Waals surface area (Å²) in [5.41, 5.74) is 3.53. The summed E-state index contributed by atoms with van der Waals surface area (Å²) in [4.78, 5) is 0. The molecular formula is C9H7BrN2O. The van der Waals surface area contributed by atoms with E-state index in [1.807, 2.05) is 6.20 Å². The van der Waals surface area contributed by atoms with Crippen LogP contribution in [0.1, 0.15) is 11.1 Å². The van der Waals surface area contributed by atoms with Gasteiger partial charge in [0.2, 0.25) is 0 Å². The van der Waals surface area contributed by atoms with Crippen LogP contribution in [-0.2, 0) is 12.8 Å². The standard InChI is InChI=1S/C9H7BrN2O/c10-7-4-13-9-6(7)2-1-5-3-11-12-8(5)9/h3-4H,1-2H2,(H,11,12). The Balaban J connectivity index is 2.31. The molecule has 0 radical (unpaired) electrons. The van der Waals surface area contributed by atoms with E-state index in [9.17, 15) is 0 Å². The van der Waals surface area contributed by atoms with Gasteiger partial charge in [-0.15, -0.1) is 0 Å². The van der Waals surface area contributed by atoms with E-state index in [1.54, 1.807) is 6.26 Å². The molecule has 0 aromatic carbocycles. The highest BCUT2D eigenvalue weighted by atomic mass is 79.9. The molecule has 0 saturated carbocycles. The van der Waals surface area contributed by atoms with Gasteiger partial charge in [-0.1, -0.05) is 0 Å². The van der Waals surface area contributed by atoms with E-state index in [1.165, 1.54) is 11.1 Å². The van der Waals surface area contributed by atoms with Gasteiger partial charge in [0.05, 0.1) is 10.7 Å². The SMILES string of the molecule is Brc1coc2c1CCc1cn[nH]c1-2. The van der Waals surface area contributed by atoms with Crippen molar-refractivity contribution >= 4 is 15.9 Å². The van der Waals surface area contributed by atoms with E-state index in [2.05, 4.69) is 26.1 Å². The van der Waals surface area contributed by atoms with Crippen LogP contribution >= 0.6 is 15.9 Å². The van der Waals surface area contributed by atoms with Gasteiger partial charge in [-0.2, -0.15) is 5.10 Å². The van der Waals surface area contributed by atoms with Crippen LogP contribution in [0, 0.1) is 0 Å². The molecule has 0 amide bonds. The summed E-state index contributed by atoms with van der Waals surface area (Å²) in [6.45, 7) is 0. The smallest absolute Gasteiger partial charge is 0.156 e. The Kier molecular flexibility index (Phi) is 1.41. The summed E-state index contributed by atoms with van der Waals surface area (Å²) >= 11 is 3.46. The third kappa shape index (κ3) is 0.920. The van der Waals surface area contributed by atoms with Crippen molar-refractivity contribution in [1.29, 1.82) is 0 Å². The molecule has 3 rings (SSSR count). The highest BCUT2D eigenvalue weighted by molar-refractivity contribution is 9.10.